The van der Waals surface area contributed by atoms with Crippen LogP contribution in [0.5, 0.6) is 0 Å². The lowest BCUT2D eigenvalue weighted by molar-refractivity contribution is -0.949. The largest absolute Gasteiger partial charge is 0.245 e. The van der Waals surface area contributed by atoms with Crippen molar-refractivity contribution in [3.63, 3.8) is 0 Å². The summed E-state index contributed by atoms with van der Waals surface area (Å²) in [5.41, 5.74) is 2.70. The number of nitrogens with zero attached hydrogens (tertiary/aromatic N) is 1. The third-order valence-corrected chi connectivity index (χ3v) is 3.56. The van der Waals surface area contributed by atoms with Crippen molar-refractivity contribution in [3.05, 3.63) is 35.4 Å². The van der Waals surface area contributed by atoms with Crippen LogP contribution in [0.2, 0.25) is 0 Å². The molecule has 16 heavy (non-hydrogen) atoms. The van der Waals surface area contributed by atoms with Crippen molar-refractivity contribution in [1.29, 1.82) is 0 Å². The van der Waals surface area contributed by atoms with Crippen LogP contribution in [-0.2, 0) is 13.0 Å². The summed E-state index contributed by atoms with van der Waals surface area (Å²) in [5, 5.41) is 1.02. The van der Waals surface area contributed by atoms with Crippen LogP contribution in [0.25, 0.3) is 0 Å². The summed E-state index contributed by atoms with van der Waals surface area (Å²) in [5.74, 6) is 6.26. The fraction of sp³-hybridized carbons (Fsp3) is 0.538. The van der Waals surface area contributed by atoms with Crippen molar-refractivity contribution < 1.29 is 4.59 Å². The number of benzene rings is 1. The molecule has 0 aliphatic heterocycles. The number of hydrogen-bond donors (Lipinski definition) is 1. The van der Waals surface area contributed by atoms with Gasteiger partial charge in [0.05, 0.1) is 13.1 Å². The maximum atomic E-state index is 6.26. The van der Waals surface area contributed by atoms with Crippen LogP contribution in [0.4, 0.5) is 0 Å². The minimum absolute atomic E-state index is 0.623. The molecule has 0 unspecified atom stereocenters. The smallest absolute Gasteiger partial charge is 0.122 e. The summed E-state index contributed by atoms with van der Waals surface area (Å²) < 4.78 is 0.623. The molecule has 0 heterocycles. The first-order valence-electron chi connectivity index (χ1n) is 5.92. The van der Waals surface area contributed by atoms with E-state index in [1.54, 1.807) is 0 Å². The van der Waals surface area contributed by atoms with Gasteiger partial charge in [0.1, 0.15) is 6.54 Å². The molecule has 0 radical (unpaired) electrons. The number of rotatable bonds is 6. The minimum Gasteiger partial charge on any atom is -0.245 e. The van der Waals surface area contributed by atoms with Gasteiger partial charge in [-0.05, 0) is 25.8 Å². The number of alkyl halides is 1. The van der Waals surface area contributed by atoms with E-state index < -0.39 is 0 Å². The van der Waals surface area contributed by atoms with Crippen molar-refractivity contribution in [1.82, 2.24) is 0 Å². The molecule has 0 saturated carbocycles. The Morgan fingerprint density at radius 3 is 2.00 bits per heavy atom. The molecule has 1 aromatic rings. The molecule has 0 saturated heterocycles. The van der Waals surface area contributed by atoms with Crippen molar-refractivity contribution in [2.45, 2.75) is 26.8 Å². The molecule has 0 bridgehead atoms. The molecule has 0 aliphatic carbocycles. The van der Waals surface area contributed by atoms with Gasteiger partial charge in [0.2, 0.25) is 0 Å². The highest BCUT2D eigenvalue weighted by atomic mass is 79.9. The quantitative estimate of drug-likeness (QED) is 0.370. The van der Waals surface area contributed by atoms with Crippen molar-refractivity contribution >= 4 is 15.9 Å². The molecule has 1 aromatic carbocycles. The van der Waals surface area contributed by atoms with E-state index >= 15 is 0 Å². The summed E-state index contributed by atoms with van der Waals surface area (Å²) in [6.07, 6.45) is 1.09. The van der Waals surface area contributed by atoms with E-state index in [4.69, 9.17) is 5.84 Å². The molecular weight excluding hydrogens is 264 g/mol. The van der Waals surface area contributed by atoms with Gasteiger partial charge in [0.15, 0.2) is 0 Å². The van der Waals surface area contributed by atoms with Crippen LogP contribution in [0, 0.1) is 0 Å². The molecule has 0 aromatic heterocycles. The molecular formula is C13H22BrN2+. The zero-order chi connectivity index (χ0) is 12.0. The molecule has 0 aliphatic rings. The number of aryl methyl sites for hydroxylation is 1. The number of nitrogens with two attached hydrogens (primary N) is 1. The zero-order valence-electron chi connectivity index (χ0n) is 10.2. The van der Waals surface area contributed by atoms with Crippen LogP contribution in [0.1, 0.15) is 25.0 Å². The first-order chi connectivity index (χ1) is 7.63. The van der Waals surface area contributed by atoms with Crippen LogP contribution in [0.15, 0.2) is 24.3 Å². The summed E-state index contributed by atoms with van der Waals surface area (Å²) in [4.78, 5) is 0. The van der Waals surface area contributed by atoms with Gasteiger partial charge in [-0.2, -0.15) is 5.84 Å². The van der Waals surface area contributed by atoms with E-state index in [0.29, 0.717) is 4.59 Å². The molecule has 2 nitrogen and oxygen atoms in total. The molecule has 0 atom stereocenters. The number of quaternary nitrogens is 1. The summed E-state index contributed by atoms with van der Waals surface area (Å²) in [7, 11) is 0. The highest BCUT2D eigenvalue weighted by Crippen LogP contribution is 2.11. The lowest BCUT2D eigenvalue weighted by atomic mass is 10.1. The number of halogens is 1. The average Bonchev–Trinajstić information content (AvgIpc) is 2.32. The SMILES string of the molecule is CC[N+](N)(CC)Cc1ccc(CCBr)cc1. The fourth-order valence-electron chi connectivity index (χ4n) is 1.73. The second-order valence-electron chi connectivity index (χ2n) is 4.26. The summed E-state index contributed by atoms with van der Waals surface area (Å²) >= 11 is 3.45. The lowest BCUT2D eigenvalue weighted by Crippen LogP contribution is -2.53. The Morgan fingerprint density at radius 1 is 1.06 bits per heavy atom. The van der Waals surface area contributed by atoms with E-state index in [1.165, 1.54) is 11.1 Å². The Kier molecular flexibility index (Phi) is 5.46. The Labute approximate surface area is 107 Å². The highest BCUT2D eigenvalue weighted by Gasteiger charge is 2.18. The molecule has 3 heteroatoms. The second kappa shape index (κ2) is 6.38. The Morgan fingerprint density at radius 2 is 1.56 bits per heavy atom. The number of hydrogen-bond acceptors (Lipinski definition) is 1. The van der Waals surface area contributed by atoms with Crippen molar-refractivity contribution in [3.8, 4) is 0 Å². The molecule has 0 spiro atoms. The van der Waals surface area contributed by atoms with Gasteiger partial charge in [-0.15, -0.1) is 0 Å². The van der Waals surface area contributed by atoms with E-state index in [0.717, 1.165) is 31.4 Å². The van der Waals surface area contributed by atoms with E-state index in [2.05, 4.69) is 54.0 Å². The summed E-state index contributed by atoms with van der Waals surface area (Å²) in [6, 6.07) is 8.80. The van der Waals surface area contributed by atoms with Crippen LogP contribution in [-0.4, -0.2) is 23.0 Å². The average molecular weight is 286 g/mol. The van der Waals surface area contributed by atoms with Crippen molar-refractivity contribution in [2.75, 3.05) is 18.4 Å². The summed E-state index contributed by atoms with van der Waals surface area (Å²) in [6.45, 7) is 7.15. The molecule has 0 amide bonds. The zero-order valence-corrected chi connectivity index (χ0v) is 11.8. The first kappa shape index (κ1) is 13.7. The maximum absolute atomic E-state index is 6.26. The van der Waals surface area contributed by atoms with E-state index in [1.807, 2.05) is 0 Å². The molecule has 2 N–H and O–H groups in total. The predicted molar refractivity (Wildman–Crippen MR) is 73.2 cm³/mol. The third-order valence-electron chi connectivity index (χ3n) is 3.16. The molecule has 90 valence electrons. The molecule has 0 fully saturated rings. The van der Waals surface area contributed by atoms with E-state index in [-0.39, 0.29) is 0 Å². The normalized spacial score (nSPS) is 11.8. The van der Waals surface area contributed by atoms with Crippen LogP contribution >= 0.6 is 15.9 Å². The monoisotopic (exact) mass is 285 g/mol. The lowest BCUT2D eigenvalue weighted by Gasteiger charge is -2.30. The van der Waals surface area contributed by atoms with Gasteiger partial charge in [-0.25, -0.2) is 4.59 Å². The minimum atomic E-state index is 0.623. The van der Waals surface area contributed by atoms with Gasteiger partial charge >= 0.3 is 0 Å². The van der Waals surface area contributed by atoms with Gasteiger partial charge in [-0.3, -0.25) is 0 Å². The van der Waals surface area contributed by atoms with Crippen LogP contribution in [0.3, 0.4) is 0 Å². The predicted octanol–water partition coefficient (Wildman–Crippen LogP) is 2.85. The Balaban J connectivity index is 2.67. The second-order valence-corrected chi connectivity index (χ2v) is 5.06. The van der Waals surface area contributed by atoms with Gasteiger partial charge in [0.25, 0.3) is 0 Å². The Bertz CT molecular complexity index is 304. The van der Waals surface area contributed by atoms with Gasteiger partial charge in [0, 0.05) is 10.9 Å². The Hall–Kier alpha value is -0.380. The first-order valence-corrected chi connectivity index (χ1v) is 7.04. The highest BCUT2D eigenvalue weighted by molar-refractivity contribution is 9.09. The third kappa shape index (κ3) is 3.89. The molecule has 1 rings (SSSR count). The van der Waals surface area contributed by atoms with Crippen LogP contribution < -0.4 is 5.84 Å². The fourth-order valence-corrected chi connectivity index (χ4v) is 2.19. The van der Waals surface area contributed by atoms with E-state index in [9.17, 15) is 0 Å². The topological polar surface area (TPSA) is 26.0 Å². The van der Waals surface area contributed by atoms with Crippen molar-refractivity contribution in [2.24, 2.45) is 5.84 Å². The standard InChI is InChI=1S/C13H22BrN2/c1-3-16(15,4-2)11-13-7-5-12(6-8-13)9-10-14/h5-8H,3-4,9-11,15H2,1-2H3/q+1. The van der Waals surface area contributed by atoms with Gasteiger partial charge < -0.3 is 0 Å². The maximum Gasteiger partial charge on any atom is 0.122 e. The van der Waals surface area contributed by atoms with Gasteiger partial charge in [-0.1, -0.05) is 40.2 Å².